The van der Waals surface area contributed by atoms with Gasteiger partial charge in [0.2, 0.25) is 0 Å². The van der Waals surface area contributed by atoms with Crippen LogP contribution in [0.4, 0.5) is 0 Å². The fraction of sp³-hybridized carbons (Fsp3) is 0.500. The molecule has 1 N–H and O–H groups in total. The van der Waals surface area contributed by atoms with E-state index in [4.69, 9.17) is 4.42 Å². The molecule has 3 rings (SSSR count). The van der Waals surface area contributed by atoms with Crippen molar-refractivity contribution < 1.29 is 4.42 Å². The minimum absolute atomic E-state index is 0.283. The monoisotopic (exact) mass is 243 g/mol. The van der Waals surface area contributed by atoms with Crippen LogP contribution >= 0.6 is 0 Å². The van der Waals surface area contributed by atoms with Gasteiger partial charge >= 0.3 is 0 Å². The molecule has 1 aliphatic carbocycles. The number of furan rings is 1. The van der Waals surface area contributed by atoms with Gasteiger partial charge in [-0.2, -0.15) is 0 Å². The van der Waals surface area contributed by atoms with Crippen molar-refractivity contribution in [1.82, 2.24) is 5.32 Å². The van der Waals surface area contributed by atoms with E-state index in [0.29, 0.717) is 6.04 Å². The van der Waals surface area contributed by atoms with E-state index in [1.165, 1.54) is 24.6 Å². The predicted molar refractivity (Wildman–Crippen MR) is 74.6 cm³/mol. The van der Waals surface area contributed by atoms with Crippen LogP contribution in [-0.4, -0.2) is 6.04 Å². The maximum Gasteiger partial charge on any atom is 0.134 e. The van der Waals surface area contributed by atoms with E-state index < -0.39 is 0 Å². The molecule has 2 aromatic rings. The van der Waals surface area contributed by atoms with Gasteiger partial charge in [-0.15, -0.1) is 0 Å². The molecule has 1 heterocycles. The van der Waals surface area contributed by atoms with E-state index in [1.54, 1.807) is 0 Å². The highest BCUT2D eigenvalue weighted by Crippen LogP contribution is 2.34. The lowest BCUT2D eigenvalue weighted by Gasteiger charge is -2.18. The van der Waals surface area contributed by atoms with Crippen molar-refractivity contribution in [3.63, 3.8) is 0 Å². The molecule has 2 heteroatoms. The number of rotatable bonds is 5. The number of benzene rings is 1. The normalized spacial score (nSPS) is 19.0. The van der Waals surface area contributed by atoms with Crippen molar-refractivity contribution in [2.24, 2.45) is 5.92 Å². The Labute approximate surface area is 108 Å². The van der Waals surface area contributed by atoms with E-state index in [9.17, 15) is 0 Å². The molecule has 1 aromatic heterocycles. The van der Waals surface area contributed by atoms with Crippen LogP contribution in [0.15, 0.2) is 34.7 Å². The third-order valence-corrected chi connectivity index (χ3v) is 3.79. The molecule has 0 aliphatic heterocycles. The summed E-state index contributed by atoms with van der Waals surface area (Å²) in [5, 5.41) is 4.83. The Morgan fingerprint density at radius 1 is 1.28 bits per heavy atom. The quantitative estimate of drug-likeness (QED) is 0.848. The summed E-state index contributed by atoms with van der Waals surface area (Å²) in [7, 11) is 0. The average molecular weight is 243 g/mol. The Kier molecular flexibility index (Phi) is 3.13. The maximum absolute atomic E-state index is 5.89. The lowest BCUT2D eigenvalue weighted by Crippen LogP contribution is -2.29. The molecular formula is C16H21NO. The fourth-order valence-corrected chi connectivity index (χ4v) is 2.65. The number of hydrogen-bond donors (Lipinski definition) is 1. The summed E-state index contributed by atoms with van der Waals surface area (Å²) in [6, 6.07) is 11.2. The Morgan fingerprint density at radius 2 is 2.06 bits per heavy atom. The van der Waals surface area contributed by atoms with Gasteiger partial charge in [-0.05, 0) is 38.3 Å². The van der Waals surface area contributed by atoms with Gasteiger partial charge in [-0.1, -0.05) is 31.0 Å². The summed E-state index contributed by atoms with van der Waals surface area (Å²) < 4.78 is 5.89. The molecule has 0 saturated heterocycles. The molecule has 2 nitrogen and oxygen atoms in total. The lowest BCUT2D eigenvalue weighted by atomic mass is 10.1. The molecular weight excluding hydrogens is 222 g/mol. The second kappa shape index (κ2) is 4.77. The van der Waals surface area contributed by atoms with Crippen molar-refractivity contribution in [3.8, 4) is 0 Å². The molecule has 1 saturated carbocycles. The third kappa shape index (κ3) is 2.59. The van der Waals surface area contributed by atoms with Crippen molar-refractivity contribution in [3.05, 3.63) is 36.1 Å². The van der Waals surface area contributed by atoms with Crippen LogP contribution in [0.5, 0.6) is 0 Å². The third-order valence-electron chi connectivity index (χ3n) is 3.79. The molecule has 0 radical (unpaired) electrons. The van der Waals surface area contributed by atoms with Crippen LogP contribution in [0.3, 0.4) is 0 Å². The molecule has 96 valence electrons. The van der Waals surface area contributed by atoms with E-state index in [-0.39, 0.29) is 6.04 Å². The van der Waals surface area contributed by atoms with Gasteiger partial charge < -0.3 is 9.73 Å². The Morgan fingerprint density at radius 3 is 2.78 bits per heavy atom. The van der Waals surface area contributed by atoms with Crippen LogP contribution in [0.2, 0.25) is 0 Å². The molecule has 1 aliphatic rings. The smallest absolute Gasteiger partial charge is 0.134 e. The van der Waals surface area contributed by atoms with Crippen LogP contribution in [0.25, 0.3) is 11.0 Å². The summed E-state index contributed by atoms with van der Waals surface area (Å²) in [6.45, 7) is 4.46. The number of para-hydroxylation sites is 1. The topological polar surface area (TPSA) is 25.2 Å². The van der Waals surface area contributed by atoms with Crippen LogP contribution in [-0.2, 0) is 0 Å². The molecule has 18 heavy (non-hydrogen) atoms. The zero-order valence-corrected chi connectivity index (χ0v) is 11.1. The summed E-state index contributed by atoms with van der Waals surface area (Å²) in [5.74, 6) is 2.01. The SMILES string of the molecule is CC(CC1CC1)NC(C)c1cc2ccccc2o1. The highest BCUT2D eigenvalue weighted by Gasteiger charge is 2.24. The van der Waals surface area contributed by atoms with E-state index >= 15 is 0 Å². The molecule has 2 atom stereocenters. The zero-order chi connectivity index (χ0) is 12.5. The second-order valence-electron chi connectivity index (χ2n) is 5.66. The Balaban J connectivity index is 1.68. The standard InChI is InChI=1S/C16H21NO/c1-11(9-13-7-8-13)17-12(2)16-10-14-5-3-4-6-15(14)18-16/h3-6,10-13,17H,7-9H2,1-2H3. The first kappa shape index (κ1) is 11.8. The van der Waals surface area contributed by atoms with E-state index in [2.05, 4.69) is 37.4 Å². The van der Waals surface area contributed by atoms with Crippen LogP contribution < -0.4 is 5.32 Å². The number of nitrogens with one attached hydrogen (secondary N) is 1. The number of hydrogen-bond acceptors (Lipinski definition) is 2. The molecule has 1 fully saturated rings. The molecule has 2 unspecified atom stereocenters. The van der Waals surface area contributed by atoms with Gasteiger partial charge in [0.15, 0.2) is 0 Å². The maximum atomic E-state index is 5.89. The second-order valence-corrected chi connectivity index (χ2v) is 5.66. The van der Waals surface area contributed by atoms with Gasteiger partial charge in [0.25, 0.3) is 0 Å². The van der Waals surface area contributed by atoms with Crippen molar-refractivity contribution in [1.29, 1.82) is 0 Å². The first-order chi connectivity index (χ1) is 8.72. The Hall–Kier alpha value is -1.28. The summed E-state index contributed by atoms with van der Waals surface area (Å²) in [4.78, 5) is 0. The van der Waals surface area contributed by atoms with E-state index in [1.807, 2.05) is 12.1 Å². The zero-order valence-electron chi connectivity index (χ0n) is 11.1. The van der Waals surface area contributed by atoms with Gasteiger partial charge in [-0.25, -0.2) is 0 Å². The van der Waals surface area contributed by atoms with Crippen molar-refractivity contribution in [2.45, 2.75) is 45.2 Å². The Bertz CT molecular complexity index is 494. The van der Waals surface area contributed by atoms with Gasteiger partial charge in [0.05, 0.1) is 6.04 Å². The number of fused-ring (bicyclic) bond motifs is 1. The van der Waals surface area contributed by atoms with E-state index in [0.717, 1.165) is 17.3 Å². The first-order valence-electron chi connectivity index (χ1n) is 6.97. The average Bonchev–Trinajstić information content (AvgIpc) is 3.05. The lowest BCUT2D eigenvalue weighted by molar-refractivity contribution is 0.390. The van der Waals surface area contributed by atoms with Crippen molar-refractivity contribution >= 4 is 11.0 Å². The highest BCUT2D eigenvalue weighted by atomic mass is 16.3. The van der Waals surface area contributed by atoms with Gasteiger partial charge in [-0.3, -0.25) is 0 Å². The summed E-state index contributed by atoms with van der Waals surface area (Å²) in [5.41, 5.74) is 0.982. The largest absolute Gasteiger partial charge is 0.459 e. The van der Waals surface area contributed by atoms with Crippen LogP contribution in [0.1, 0.15) is 44.9 Å². The minimum Gasteiger partial charge on any atom is -0.459 e. The van der Waals surface area contributed by atoms with Gasteiger partial charge in [0, 0.05) is 11.4 Å². The summed E-state index contributed by atoms with van der Waals surface area (Å²) >= 11 is 0. The predicted octanol–water partition coefficient (Wildman–Crippen LogP) is 4.27. The molecule has 0 spiro atoms. The highest BCUT2D eigenvalue weighted by molar-refractivity contribution is 5.77. The summed E-state index contributed by atoms with van der Waals surface area (Å²) in [6.07, 6.45) is 4.14. The molecule has 0 bridgehead atoms. The first-order valence-corrected chi connectivity index (χ1v) is 6.97. The molecule has 1 aromatic carbocycles. The fourth-order valence-electron chi connectivity index (χ4n) is 2.65. The minimum atomic E-state index is 0.283. The van der Waals surface area contributed by atoms with Crippen molar-refractivity contribution in [2.75, 3.05) is 0 Å². The van der Waals surface area contributed by atoms with Crippen LogP contribution in [0, 0.1) is 5.92 Å². The van der Waals surface area contributed by atoms with Gasteiger partial charge in [0.1, 0.15) is 11.3 Å². The molecule has 0 amide bonds.